The fourth-order valence-electron chi connectivity index (χ4n) is 3.25. The molecular formula is C15H22Cl2N2. The minimum atomic E-state index is 0.187. The molecule has 1 aromatic carbocycles. The van der Waals surface area contributed by atoms with Crippen LogP contribution in [0.4, 0.5) is 0 Å². The second kappa shape index (κ2) is 6.45. The molecule has 3 atom stereocenters. The van der Waals surface area contributed by atoms with Gasteiger partial charge in [0, 0.05) is 34.7 Å². The molecule has 0 aliphatic carbocycles. The number of likely N-dealkylation sites (tertiary alicyclic amines) is 1. The van der Waals surface area contributed by atoms with Crippen LogP contribution >= 0.6 is 23.2 Å². The van der Waals surface area contributed by atoms with Crippen molar-refractivity contribution in [2.45, 2.75) is 51.2 Å². The second-order valence-electron chi connectivity index (χ2n) is 5.35. The van der Waals surface area contributed by atoms with Gasteiger partial charge in [0.25, 0.3) is 0 Å². The molecule has 1 heterocycles. The fraction of sp³-hybridized carbons (Fsp3) is 0.600. The molecule has 4 heteroatoms. The van der Waals surface area contributed by atoms with Crippen LogP contribution in [0.25, 0.3) is 0 Å². The van der Waals surface area contributed by atoms with E-state index in [9.17, 15) is 0 Å². The third-order valence-electron chi connectivity index (χ3n) is 4.22. The minimum absolute atomic E-state index is 0.187. The standard InChI is InChI=1S/C15H22Cl2N2/c1-3-12-6-4-10(2)19(12)15(9-18)13-7-5-11(16)8-14(13)17/h5,7-8,10,12,15H,3-4,6,9,18H2,1-2H3. The Kier molecular flexibility index (Phi) is 5.13. The predicted octanol–water partition coefficient (Wildman–Crippen LogP) is 4.26. The topological polar surface area (TPSA) is 29.3 Å². The summed E-state index contributed by atoms with van der Waals surface area (Å²) in [7, 11) is 0. The van der Waals surface area contributed by atoms with Crippen molar-refractivity contribution in [2.75, 3.05) is 6.54 Å². The van der Waals surface area contributed by atoms with Crippen LogP contribution in [0, 0.1) is 0 Å². The van der Waals surface area contributed by atoms with E-state index in [0.29, 0.717) is 23.7 Å². The number of nitrogens with zero attached hydrogens (tertiary/aromatic N) is 1. The lowest BCUT2D eigenvalue weighted by atomic mass is 10.0. The molecule has 0 aromatic heterocycles. The highest BCUT2D eigenvalue weighted by atomic mass is 35.5. The van der Waals surface area contributed by atoms with Gasteiger partial charge in [-0.1, -0.05) is 36.2 Å². The quantitative estimate of drug-likeness (QED) is 0.900. The summed E-state index contributed by atoms with van der Waals surface area (Å²) in [5, 5.41) is 1.39. The van der Waals surface area contributed by atoms with Crippen LogP contribution in [0.5, 0.6) is 0 Å². The molecule has 1 aliphatic rings. The first-order valence-corrected chi connectivity index (χ1v) is 7.76. The van der Waals surface area contributed by atoms with Gasteiger partial charge in [0.1, 0.15) is 0 Å². The SMILES string of the molecule is CCC1CCC(C)N1C(CN)c1ccc(Cl)cc1Cl. The summed E-state index contributed by atoms with van der Waals surface area (Å²) < 4.78 is 0. The lowest BCUT2D eigenvalue weighted by molar-refractivity contribution is 0.137. The van der Waals surface area contributed by atoms with Crippen molar-refractivity contribution in [3.8, 4) is 0 Å². The van der Waals surface area contributed by atoms with E-state index in [1.54, 1.807) is 0 Å². The van der Waals surface area contributed by atoms with Crippen LogP contribution < -0.4 is 5.73 Å². The van der Waals surface area contributed by atoms with E-state index in [1.165, 1.54) is 12.8 Å². The van der Waals surface area contributed by atoms with E-state index < -0.39 is 0 Å². The Labute approximate surface area is 125 Å². The lowest BCUT2D eigenvalue weighted by Crippen LogP contribution is -2.41. The van der Waals surface area contributed by atoms with Gasteiger partial charge < -0.3 is 5.73 Å². The Morgan fingerprint density at radius 3 is 2.68 bits per heavy atom. The van der Waals surface area contributed by atoms with E-state index in [2.05, 4.69) is 18.7 Å². The molecule has 1 aromatic rings. The summed E-state index contributed by atoms with van der Waals surface area (Å²) in [6.07, 6.45) is 3.64. The smallest absolute Gasteiger partial charge is 0.0490 e. The van der Waals surface area contributed by atoms with Gasteiger partial charge in [-0.15, -0.1) is 0 Å². The largest absolute Gasteiger partial charge is 0.329 e. The molecule has 19 heavy (non-hydrogen) atoms. The van der Waals surface area contributed by atoms with E-state index in [-0.39, 0.29) is 6.04 Å². The summed E-state index contributed by atoms with van der Waals surface area (Å²) >= 11 is 12.3. The molecule has 2 N–H and O–H groups in total. The lowest BCUT2D eigenvalue weighted by Gasteiger charge is -2.36. The summed E-state index contributed by atoms with van der Waals surface area (Å²) in [6.45, 7) is 5.11. The van der Waals surface area contributed by atoms with Gasteiger partial charge in [0.15, 0.2) is 0 Å². The van der Waals surface area contributed by atoms with Crippen LogP contribution in [-0.2, 0) is 0 Å². The maximum absolute atomic E-state index is 6.35. The van der Waals surface area contributed by atoms with Crippen molar-refractivity contribution < 1.29 is 0 Å². The van der Waals surface area contributed by atoms with Crippen LogP contribution in [0.3, 0.4) is 0 Å². The maximum Gasteiger partial charge on any atom is 0.0490 e. The zero-order valence-electron chi connectivity index (χ0n) is 11.6. The van der Waals surface area contributed by atoms with Gasteiger partial charge in [0.05, 0.1) is 0 Å². The number of benzene rings is 1. The van der Waals surface area contributed by atoms with E-state index >= 15 is 0 Å². The number of nitrogens with two attached hydrogens (primary N) is 1. The molecule has 0 saturated carbocycles. The van der Waals surface area contributed by atoms with Crippen molar-refractivity contribution in [1.82, 2.24) is 4.90 Å². The molecule has 1 fully saturated rings. The van der Waals surface area contributed by atoms with E-state index in [0.717, 1.165) is 17.0 Å². The molecule has 0 amide bonds. The molecule has 1 aliphatic heterocycles. The molecular weight excluding hydrogens is 279 g/mol. The maximum atomic E-state index is 6.35. The normalized spacial score (nSPS) is 25.7. The average Bonchev–Trinajstić information content (AvgIpc) is 2.74. The molecule has 2 rings (SSSR count). The number of hydrogen-bond acceptors (Lipinski definition) is 2. The molecule has 3 unspecified atom stereocenters. The highest BCUT2D eigenvalue weighted by molar-refractivity contribution is 6.35. The van der Waals surface area contributed by atoms with Gasteiger partial charge in [-0.2, -0.15) is 0 Å². The zero-order chi connectivity index (χ0) is 14.0. The average molecular weight is 301 g/mol. The molecule has 0 spiro atoms. The van der Waals surface area contributed by atoms with Crippen LogP contribution in [0.15, 0.2) is 18.2 Å². The molecule has 0 bridgehead atoms. The number of rotatable bonds is 4. The fourth-order valence-corrected chi connectivity index (χ4v) is 3.78. The molecule has 1 saturated heterocycles. The Balaban J connectivity index is 2.33. The zero-order valence-corrected chi connectivity index (χ0v) is 13.1. The highest BCUT2D eigenvalue weighted by Crippen LogP contribution is 2.37. The summed E-state index contributed by atoms with van der Waals surface area (Å²) in [5.74, 6) is 0. The van der Waals surface area contributed by atoms with Gasteiger partial charge in [-0.05, 0) is 43.9 Å². The third-order valence-corrected chi connectivity index (χ3v) is 4.79. The van der Waals surface area contributed by atoms with E-state index in [4.69, 9.17) is 28.9 Å². The van der Waals surface area contributed by atoms with Crippen molar-refractivity contribution in [2.24, 2.45) is 5.73 Å². The first kappa shape index (κ1) is 15.1. The molecule has 0 radical (unpaired) electrons. The monoisotopic (exact) mass is 300 g/mol. The summed E-state index contributed by atoms with van der Waals surface area (Å²) in [4.78, 5) is 2.54. The van der Waals surface area contributed by atoms with E-state index in [1.807, 2.05) is 18.2 Å². The Hall–Kier alpha value is -0.280. The second-order valence-corrected chi connectivity index (χ2v) is 6.20. The Morgan fingerprint density at radius 1 is 1.37 bits per heavy atom. The first-order valence-electron chi connectivity index (χ1n) is 7.00. The number of hydrogen-bond donors (Lipinski definition) is 1. The Morgan fingerprint density at radius 2 is 2.11 bits per heavy atom. The van der Waals surface area contributed by atoms with Gasteiger partial charge >= 0.3 is 0 Å². The summed E-state index contributed by atoms with van der Waals surface area (Å²) in [5.41, 5.74) is 7.14. The third kappa shape index (κ3) is 3.08. The van der Waals surface area contributed by atoms with Crippen molar-refractivity contribution in [3.05, 3.63) is 33.8 Å². The minimum Gasteiger partial charge on any atom is -0.329 e. The van der Waals surface area contributed by atoms with Crippen LogP contribution in [-0.4, -0.2) is 23.5 Å². The number of halogens is 2. The predicted molar refractivity (Wildman–Crippen MR) is 82.9 cm³/mol. The van der Waals surface area contributed by atoms with Crippen molar-refractivity contribution in [3.63, 3.8) is 0 Å². The molecule has 106 valence electrons. The van der Waals surface area contributed by atoms with Crippen molar-refractivity contribution >= 4 is 23.2 Å². The van der Waals surface area contributed by atoms with Crippen molar-refractivity contribution in [1.29, 1.82) is 0 Å². The highest BCUT2D eigenvalue weighted by Gasteiger charge is 2.35. The Bertz CT molecular complexity index is 436. The van der Waals surface area contributed by atoms with Gasteiger partial charge in [-0.25, -0.2) is 0 Å². The van der Waals surface area contributed by atoms with Crippen LogP contribution in [0.1, 0.15) is 44.7 Å². The molecule has 2 nitrogen and oxygen atoms in total. The van der Waals surface area contributed by atoms with Crippen LogP contribution in [0.2, 0.25) is 10.0 Å². The van der Waals surface area contributed by atoms with Gasteiger partial charge in [0.2, 0.25) is 0 Å². The summed E-state index contributed by atoms with van der Waals surface area (Å²) in [6, 6.07) is 7.07. The first-order chi connectivity index (χ1) is 9.08. The van der Waals surface area contributed by atoms with Gasteiger partial charge in [-0.3, -0.25) is 4.90 Å².